The lowest BCUT2D eigenvalue weighted by molar-refractivity contribution is 0.102. The summed E-state index contributed by atoms with van der Waals surface area (Å²) in [5, 5.41) is 5.04. The van der Waals surface area contributed by atoms with E-state index in [0.717, 1.165) is 41.5 Å². The number of fused-ring (bicyclic) bond motifs is 1. The molecule has 1 aliphatic carbocycles. The number of rotatable bonds is 11. The van der Waals surface area contributed by atoms with Crippen LogP contribution in [0.5, 0.6) is 11.5 Å². The normalized spacial score (nSPS) is 14.6. The zero-order chi connectivity index (χ0) is 32.8. The summed E-state index contributed by atoms with van der Waals surface area (Å²) in [6.45, 7) is 13.6. The number of halogens is 2. The van der Waals surface area contributed by atoms with Crippen molar-refractivity contribution >= 4 is 57.3 Å². The van der Waals surface area contributed by atoms with Gasteiger partial charge in [0, 0.05) is 38.0 Å². The highest BCUT2D eigenvalue weighted by atomic mass is 35.5. The minimum absolute atomic E-state index is 0.160. The minimum Gasteiger partial charge on any atom is -0.490 e. The van der Waals surface area contributed by atoms with Crippen LogP contribution in [-0.2, 0) is 25.9 Å². The molecule has 0 aliphatic heterocycles. The molecule has 0 radical (unpaired) electrons. The molecule has 1 amide bonds. The SMILES string of the molecule is C=CCc1cc(C=Nc2sc3c(c2C(=O)Nc2ccc(Cl)cc2)CC[C@@H](C(C)(C)C)C3)cc(OCC)c1OCc1ccccc1Cl. The molecule has 1 N–H and O–H groups in total. The summed E-state index contributed by atoms with van der Waals surface area (Å²) in [6, 6.07) is 18.8. The van der Waals surface area contributed by atoms with Gasteiger partial charge in [-0.3, -0.25) is 4.79 Å². The van der Waals surface area contributed by atoms with E-state index in [1.54, 1.807) is 23.5 Å². The van der Waals surface area contributed by atoms with Crippen LogP contribution in [0.1, 0.15) is 71.6 Å². The molecule has 1 heterocycles. The summed E-state index contributed by atoms with van der Waals surface area (Å²) >= 11 is 14.1. The summed E-state index contributed by atoms with van der Waals surface area (Å²) in [4.78, 5) is 20.0. The van der Waals surface area contributed by atoms with E-state index in [1.807, 2.05) is 67.7 Å². The van der Waals surface area contributed by atoms with Crippen molar-refractivity contribution < 1.29 is 14.3 Å². The molecule has 0 fully saturated rings. The number of nitrogens with zero attached hydrogens (tertiary/aromatic N) is 1. The molecule has 46 heavy (non-hydrogen) atoms. The van der Waals surface area contributed by atoms with Crippen LogP contribution in [-0.4, -0.2) is 18.7 Å². The highest BCUT2D eigenvalue weighted by molar-refractivity contribution is 7.16. The summed E-state index contributed by atoms with van der Waals surface area (Å²) < 4.78 is 12.4. The molecule has 1 atom stereocenters. The fraction of sp³-hybridized carbons (Fsp3) is 0.316. The molecule has 5 rings (SSSR count). The van der Waals surface area contributed by atoms with Crippen molar-refractivity contribution in [1.82, 2.24) is 0 Å². The lowest BCUT2D eigenvalue weighted by Gasteiger charge is -2.33. The summed E-state index contributed by atoms with van der Waals surface area (Å²) in [6.07, 6.45) is 7.06. The maximum absolute atomic E-state index is 13.8. The molecule has 5 nitrogen and oxygen atoms in total. The van der Waals surface area contributed by atoms with Gasteiger partial charge >= 0.3 is 0 Å². The van der Waals surface area contributed by atoms with Gasteiger partial charge in [-0.1, -0.05) is 68.2 Å². The van der Waals surface area contributed by atoms with Gasteiger partial charge in [0.1, 0.15) is 11.6 Å². The van der Waals surface area contributed by atoms with Crippen LogP contribution in [0.15, 0.2) is 78.3 Å². The largest absolute Gasteiger partial charge is 0.490 e. The number of aliphatic imine (C=N–C) groups is 1. The van der Waals surface area contributed by atoms with E-state index in [0.29, 0.717) is 63.3 Å². The maximum atomic E-state index is 13.8. The van der Waals surface area contributed by atoms with Gasteiger partial charge in [0.2, 0.25) is 0 Å². The van der Waals surface area contributed by atoms with Crippen molar-refractivity contribution in [3.05, 3.63) is 116 Å². The first-order valence-corrected chi connectivity index (χ1v) is 17.2. The van der Waals surface area contributed by atoms with Gasteiger partial charge in [-0.25, -0.2) is 4.99 Å². The zero-order valence-electron chi connectivity index (χ0n) is 26.8. The van der Waals surface area contributed by atoms with Crippen LogP contribution in [0.3, 0.4) is 0 Å². The number of carbonyl (C=O) groups excluding carboxylic acids is 1. The molecule has 0 bridgehead atoms. The van der Waals surface area contributed by atoms with Gasteiger partial charge in [0.05, 0.1) is 12.2 Å². The summed E-state index contributed by atoms with van der Waals surface area (Å²) in [5.41, 5.74) is 5.28. The molecule has 0 spiro atoms. The Morgan fingerprint density at radius 1 is 1.09 bits per heavy atom. The molecule has 8 heteroatoms. The molecule has 1 aromatic heterocycles. The Labute approximate surface area is 286 Å². The molecule has 0 saturated carbocycles. The molecule has 0 unspecified atom stereocenters. The van der Waals surface area contributed by atoms with Crippen molar-refractivity contribution in [2.45, 2.75) is 60.0 Å². The van der Waals surface area contributed by atoms with Crippen molar-refractivity contribution in [2.24, 2.45) is 16.3 Å². The van der Waals surface area contributed by atoms with E-state index in [1.165, 1.54) is 4.88 Å². The second-order valence-electron chi connectivity index (χ2n) is 12.5. The van der Waals surface area contributed by atoms with E-state index in [-0.39, 0.29) is 11.3 Å². The van der Waals surface area contributed by atoms with Crippen molar-refractivity contribution in [1.29, 1.82) is 0 Å². The highest BCUT2D eigenvalue weighted by Gasteiger charge is 2.33. The van der Waals surface area contributed by atoms with Crippen LogP contribution in [0, 0.1) is 11.3 Å². The lowest BCUT2D eigenvalue weighted by atomic mass is 9.72. The summed E-state index contributed by atoms with van der Waals surface area (Å²) in [7, 11) is 0. The first-order valence-electron chi connectivity index (χ1n) is 15.6. The lowest BCUT2D eigenvalue weighted by Crippen LogP contribution is -2.27. The topological polar surface area (TPSA) is 59.9 Å². The van der Waals surface area contributed by atoms with Gasteiger partial charge in [0.25, 0.3) is 5.91 Å². The van der Waals surface area contributed by atoms with Crippen LogP contribution in [0.25, 0.3) is 0 Å². The Balaban J connectivity index is 1.50. The van der Waals surface area contributed by atoms with Crippen LogP contribution in [0.4, 0.5) is 10.7 Å². The van der Waals surface area contributed by atoms with Gasteiger partial charge < -0.3 is 14.8 Å². The fourth-order valence-corrected chi connectivity index (χ4v) is 7.34. The number of hydrogen-bond acceptors (Lipinski definition) is 5. The third-order valence-electron chi connectivity index (χ3n) is 8.28. The second kappa shape index (κ2) is 14.9. The minimum atomic E-state index is -0.160. The van der Waals surface area contributed by atoms with Gasteiger partial charge in [-0.05, 0) is 97.5 Å². The van der Waals surface area contributed by atoms with E-state index in [9.17, 15) is 4.79 Å². The quantitative estimate of drug-likeness (QED) is 0.127. The Hall–Kier alpha value is -3.58. The van der Waals surface area contributed by atoms with E-state index >= 15 is 0 Å². The maximum Gasteiger partial charge on any atom is 0.259 e. The molecule has 3 aromatic carbocycles. The number of anilines is 1. The van der Waals surface area contributed by atoms with Crippen molar-refractivity contribution in [3.63, 3.8) is 0 Å². The third-order valence-corrected chi connectivity index (χ3v) is 10.1. The Bertz CT molecular complexity index is 1740. The highest BCUT2D eigenvalue weighted by Crippen LogP contribution is 2.45. The molecule has 1 aliphatic rings. The Morgan fingerprint density at radius 3 is 2.54 bits per heavy atom. The van der Waals surface area contributed by atoms with Crippen molar-refractivity contribution in [3.8, 4) is 11.5 Å². The molecular weight excluding hydrogens is 635 g/mol. The predicted octanol–water partition coefficient (Wildman–Crippen LogP) is 10.9. The fourth-order valence-electron chi connectivity index (χ4n) is 5.75. The molecule has 4 aromatic rings. The third kappa shape index (κ3) is 8.03. The predicted molar refractivity (Wildman–Crippen MR) is 193 cm³/mol. The molecular formula is C38H40Cl2N2O3S. The standard InChI is InChI=1S/C38H40Cl2N2O3S/c1-6-10-25-19-24(20-32(44-7-2)35(25)45-23-26-11-8-9-12-31(26)40)22-41-37-34(36(43)42-29-16-14-28(39)15-17-29)30-18-13-27(38(3,4)5)21-33(30)46-37/h6,8-9,11-12,14-17,19-20,22,27H,1,7,10,13,18,21,23H2,2-5H3,(H,42,43)/t27-/m1/s1. The second-order valence-corrected chi connectivity index (χ2v) is 14.4. The number of ether oxygens (including phenoxy) is 2. The van der Waals surface area contributed by atoms with Crippen LogP contribution in [0.2, 0.25) is 10.0 Å². The number of benzene rings is 3. The van der Waals surface area contributed by atoms with Gasteiger partial charge in [-0.15, -0.1) is 17.9 Å². The molecule has 240 valence electrons. The van der Waals surface area contributed by atoms with Gasteiger partial charge in [0.15, 0.2) is 11.5 Å². The first kappa shape index (κ1) is 33.8. The van der Waals surface area contributed by atoms with E-state index in [4.69, 9.17) is 37.7 Å². The first-order chi connectivity index (χ1) is 22.1. The molecule has 0 saturated heterocycles. The van der Waals surface area contributed by atoms with Crippen molar-refractivity contribution in [2.75, 3.05) is 11.9 Å². The Kier molecular flexibility index (Phi) is 10.9. The number of carbonyl (C=O) groups is 1. The summed E-state index contributed by atoms with van der Waals surface area (Å²) in [5.74, 6) is 1.65. The van der Waals surface area contributed by atoms with E-state index in [2.05, 4.69) is 32.7 Å². The van der Waals surface area contributed by atoms with Crippen LogP contribution < -0.4 is 14.8 Å². The number of amides is 1. The number of hydrogen-bond donors (Lipinski definition) is 1. The Morgan fingerprint density at radius 2 is 1.85 bits per heavy atom. The zero-order valence-corrected chi connectivity index (χ0v) is 29.1. The monoisotopic (exact) mass is 674 g/mol. The number of nitrogens with one attached hydrogen (secondary N) is 1. The average molecular weight is 676 g/mol. The van der Waals surface area contributed by atoms with Crippen LogP contribution >= 0.6 is 34.5 Å². The number of allylic oxidation sites excluding steroid dienone is 1. The van der Waals surface area contributed by atoms with Gasteiger partial charge in [-0.2, -0.15) is 0 Å². The van der Waals surface area contributed by atoms with E-state index < -0.39 is 0 Å². The average Bonchev–Trinajstić information content (AvgIpc) is 3.39. The number of thiophene rings is 1. The smallest absolute Gasteiger partial charge is 0.259 e.